The summed E-state index contributed by atoms with van der Waals surface area (Å²) in [6.45, 7) is 10.6. The molecule has 1 atom stereocenters. The minimum atomic E-state index is -0.0967. The van der Waals surface area contributed by atoms with E-state index >= 15 is 0 Å². The molecule has 1 heterocycles. The normalized spacial score (nSPS) is 16.3. The summed E-state index contributed by atoms with van der Waals surface area (Å²) in [6, 6.07) is 16.6. The highest BCUT2D eigenvalue weighted by Gasteiger charge is 2.25. The molecule has 0 radical (unpaired) electrons. The quantitative estimate of drug-likeness (QED) is 0.899. The van der Waals surface area contributed by atoms with E-state index in [0.717, 1.165) is 31.7 Å². The SMILES string of the molecule is Cc1ccc(N2CCN([C@@H](C)C(=O)NCc3ccccc3)CC2)cc1C. The van der Waals surface area contributed by atoms with E-state index in [0.29, 0.717) is 6.54 Å². The Balaban J connectivity index is 1.50. The number of aryl methyl sites for hydroxylation is 2. The fourth-order valence-corrected chi connectivity index (χ4v) is 3.39. The zero-order valence-corrected chi connectivity index (χ0v) is 16.0. The van der Waals surface area contributed by atoms with Crippen LogP contribution in [0.15, 0.2) is 48.5 Å². The van der Waals surface area contributed by atoms with Crippen molar-refractivity contribution < 1.29 is 4.79 Å². The van der Waals surface area contributed by atoms with Gasteiger partial charge in [0.2, 0.25) is 5.91 Å². The van der Waals surface area contributed by atoms with Gasteiger partial charge in [0.05, 0.1) is 6.04 Å². The Morgan fingerprint density at radius 2 is 1.69 bits per heavy atom. The van der Waals surface area contributed by atoms with Gasteiger partial charge in [0, 0.05) is 38.4 Å². The molecule has 4 nitrogen and oxygen atoms in total. The average Bonchev–Trinajstić information content (AvgIpc) is 2.68. The first-order chi connectivity index (χ1) is 12.5. The molecule has 1 amide bonds. The third kappa shape index (κ3) is 4.44. The molecule has 0 spiro atoms. The topological polar surface area (TPSA) is 35.6 Å². The van der Waals surface area contributed by atoms with Crippen LogP contribution in [0.4, 0.5) is 5.69 Å². The van der Waals surface area contributed by atoms with Crippen molar-refractivity contribution >= 4 is 11.6 Å². The lowest BCUT2D eigenvalue weighted by atomic mass is 10.1. The Hall–Kier alpha value is -2.33. The largest absolute Gasteiger partial charge is 0.369 e. The molecule has 1 fully saturated rings. The second-order valence-electron chi connectivity index (χ2n) is 7.17. The van der Waals surface area contributed by atoms with E-state index in [4.69, 9.17) is 0 Å². The molecule has 0 bridgehead atoms. The van der Waals surface area contributed by atoms with Gasteiger partial charge >= 0.3 is 0 Å². The molecule has 0 aliphatic carbocycles. The molecule has 138 valence electrons. The summed E-state index contributed by atoms with van der Waals surface area (Å²) < 4.78 is 0. The molecule has 2 aromatic rings. The summed E-state index contributed by atoms with van der Waals surface area (Å²) in [5.41, 5.74) is 5.08. The van der Waals surface area contributed by atoms with Crippen LogP contribution in [0.3, 0.4) is 0 Å². The van der Waals surface area contributed by atoms with Gasteiger partial charge in [-0.05, 0) is 49.6 Å². The third-order valence-electron chi connectivity index (χ3n) is 5.41. The molecule has 26 heavy (non-hydrogen) atoms. The monoisotopic (exact) mass is 351 g/mol. The van der Waals surface area contributed by atoms with Gasteiger partial charge in [-0.2, -0.15) is 0 Å². The summed E-state index contributed by atoms with van der Waals surface area (Å²) in [7, 11) is 0. The lowest BCUT2D eigenvalue weighted by Gasteiger charge is -2.38. The van der Waals surface area contributed by atoms with Crippen LogP contribution in [-0.2, 0) is 11.3 Å². The number of nitrogens with zero attached hydrogens (tertiary/aromatic N) is 2. The van der Waals surface area contributed by atoms with Gasteiger partial charge in [-0.15, -0.1) is 0 Å². The van der Waals surface area contributed by atoms with Crippen molar-refractivity contribution in [3.05, 3.63) is 65.2 Å². The summed E-state index contributed by atoms with van der Waals surface area (Å²) in [5.74, 6) is 0.105. The highest BCUT2D eigenvalue weighted by molar-refractivity contribution is 5.81. The molecule has 1 saturated heterocycles. The Bertz CT molecular complexity index is 736. The molecule has 3 rings (SSSR count). The second-order valence-corrected chi connectivity index (χ2v) is 7.17. The smallest absolute Gasteiger partial charge is 0.237 e. The number of carbonyl (C=O) groups is 1. The summed E-state index contributed by atoms with van der Waals surface area (Å²) in [6.07, 6.45) is 0. The minimum absolute atomic E-state index is 0.0967. The van der Waals surface area contributed by atoms with Crippen molar-refractivity contribution in [1.29, 1.82) is 0 Å². The number of benzene rings is 2. The third-order valence-corrected chi connectivity index (χ3v) is 5.41. The number of carbonyl (C=O) groups excluding carboxylic acids is 1. The van der Waals surface area contributed by atoms with Gasteiger partial charge in [-0.1, -0.05) is 36.4 Å². The van der Waals surface area contributed by atoms with Gasteiger partial charge in [-0.3, -0.25) is 9.69 Å². The zero-order chi connectivity index (χ0) is 18.5. The predicted molar refractivity (Wildman–Crippen MR) is 107 cm³/mol. The molecular formula is C22H29N3O. The first kappa shape index (κ1) is 18.5. The van der Waals surface area contributed by atoms with Crippen molar-refractivity contribution in [3.8, 4) is 0 Å². The van der Waals surface area contributed by atoms with Crippen molar-refractivity contribution in [2.24, 2.45) is 0 Å². The number of nitrogens with one attached hydrogen (secondary N) is 1. The maximum absolute atomic E-state index is 12.5. The molecule has 0 aromatic heterocycles. The molecule has 0 unspecified atom stereocenters. The van der Waals surface area contributed by atoms with Crippen LogP contribution in [0, 0.1) is 13.8 Å². The minimum Gasteiger partial charge on any atom is -0.369 e. The maximum atomic E-state index is 12.5. The molecule has 2 aromatic carbocycles. The van der Waals surface area contributed by atoms with Gasteiger partial charge in [0.1, 0.15) is 0 Å². The van der Waals surface area contributed by atoms with Crippen LogP contribution in [0.2, 0.25) is 0 Å². The highest BCUT2D eigenvalue weighted by Crippen LogP contribution is 2.20. The lowest BCUT2D eigenvalue weighted by Crippen LogP contribution is -2.53. The molecule has 1 N–H and O–H groups in total. The van der Waals surface area contributed by atoms with Crippen molar-refractivity contribution in [2.45, 2.75) is 33.4 Å². The first-order valence-electron chi connectivity index (χ1n) is 9.42. The standard InChI is InChI=1S/C22H29N3O/c1-17-9-10-21(15-18(17)2)25-13-11-24(12-14-25)19(3)22(26)23-16-20-7-5-4-6-8-20/h4-10,15,19H,11-14,16H2,1-3H3,(H,23,26)/t19-/m0/s1. The fraction of sp³-hybridized carbons (Fsp3) is 0.409. The van der Waals surface area contributed by atoms with E-state index in [-0.39, 0.29) is 11.9 Å². The van der Waals surface area contributed by atoms with Crippen LogP contribution < -0.4 is 10.2 Å². The number of hydrogen-bond donors (Lipinski definition) is 1. The molecule has 1 aliphatic heterocycles. The van der Waals surface area contributed by atoms with Gasteiger partial charge in [0.25, 0.3) is 0 Å². The van der Waals surface area contributed by atoms with Crippen LogP contribution in [0.25, 0.3) is 0 Å². The highest BCUT2D eigenvalue weighted by atomic mass is 16.2. The summed E-state index contributed by atoms with van der Waals surface area (Å²) in [5, 5.41) is 3.06. The van der Waals surface area contributed by atoms with Crippen molar-refractivity contribution in [1.82, 2.24) is 10.2 Å². The van der Waals surface area contributed by atoms with Gasteiger partial charge < -0.3 is 10.2 Å². The van der Waals surface area contributed by atoms with E-state index < -0.39 is 0 Å². The number of anilines is 1. The Kier molecular flexibility index (Phi) is 5.94. The average molecular weight is 351 g/mol. The first-order valence-corrected chi connectivity index (χ1v) is 9.42. The number of rotatable bonds is 5. The lowest BCUT2D eigenvalue weighted by molar-refractivity contribution is -0.126. The Labute approximate surface area is 156 Å². The van der Waals surface area contributed by atoms with Crippen molar-refractivity contribution in [2.75, 3.05) is 31.1 Å². The van der Waals surface area contributed by atoms with Crippen LogP contribution in [-0.4, -0.2) is 43.0 Å². The second kappa shape index (κ2) is 8.37. The van der Waals surface area contributed by atoms with E-state index in [1.54, 1.807) is 0 Å². The molecule has 4 heteroatoms. The van der Waals surface area contributed by atoms with E-state index in [9.17, 15) is 4.79 Å². The summed E-state index contributed by atoms with van der Waals surface area (Å²) >= 11 is 0. The van der Waals surface area contributed by atoms with Gasteiger partial charge in [0.15, 0.2) is 0 Å². The zero-order valence-electron chi connectivity index (χ0n) is 16.0. The molecule has 1 aliphatic rings. The summed E-state index contributed by atoms with van der Waals surface area (Å²) in [4.78, 5) is 17.2. The molecular weight excluding hydrogens is 322 g/mol. The van der Waals surface area contributed by atoms with Crippen LogP contribution in [0.1, 0.15) is 23.6 Å². The van der Waals surface area contributed by atoms with E-state index in [1.807, 2.05) is 37.3 Å². The van der Waals surface area contributed by atoms with E-state index in [1.165, 1.54) is 16.8 Å². The fourth-order valence-electron chi connectivity index (χ4n) is 3.39. The van der Waals surface area contributed by atoms with Crippen LogP contribution >= 0.6 is 0 Å². The maximum Gasteiger partial charge on any atom is 0.237 e. The number of amides is 1. The van der Waals surface area contributed by atoms with Crippen LogP contribution in [0.5, 0.6) is 0 Å². The number of hydrogen-bond acceptors (Lipinski definition) is 3. The molecule has 0 saturated carbocycles. The van der Waals surface area contributed by atoms with Crippen molar-refractivity contribution in [3.63, 3.8) is 0 Å². The van der Waals surface area contributed by atoms with E-state index in [2.05, 4.69) is 47.2 Å². The number of piperazine rings is 1. The predicted octanol–water partition coefficient (Wildman–Crippen LogP) is 3.13. The Morgan fingerprint density at radius 3 is 2.35 bits per heavy atom. The Morgan fingerprint density at radius 1 is 1.00 bits per heavy atom. The van der Waals surface area contributed by atoms with Gasteiger partial charge in [-0.25, -0.2) is 0 Å².